The summed E-state index contributed by atoms with van der Waals surface area (Å²) >= 11 is 0. The summed E-state index contributed by atoms with van der Waals surface area (Å²) in [6.45, 7) is 2.37. The fourth-order valence-electron chi connectivity index (χ4n) is 1.07. The lowest BCUT2D eigenvalue weighted by atomic mass is 10.1. The predicted molar refractivity (Wildman–Crippen MR) is 35.1 cm³/mol. The van der Waals surface area contributed by atoms with Gasteiger partial charge in [-0.2, -0.15) is 0 Å². The van der Waals surface area contributed by atoms with E-state index in [1.807, 2.05) is 0 Å². The first-order chi connectivity index (χ1) is 4.20. The second kappa shape index (κ2) is 2.45. The third kappa shape index (κ3) is 1.50. The summed E-state index contributed by atoms with van der Waals surface area (Å²) in [5, 5.41) is 3.03. The average molecular weight is 128 g/mol. The third-order valence-corrected chi connectivity index (χ3v) is 1.66. The van der Waals surface area contributed by atoms with Gasteiger partial charge in [0, 0.05) is 12.6 Å². The van der Waals surface area contributed by atoms with Crippen molar-refractivity contribution in [1.82, 2.24) is 5.32 Å². The molecule has 0 saturated carbocycles. The van der Waals surface area contributed by atoms with E-state index in [-0.39, 0.29) is 17.9 Å². The summed E-state index contributed by atoms with van der Waals surface area (Å²) in [5.41, 5.74) is 5.55. The van der Waals surface area contributed by atoms with E-state index in [2.05, 4.69) is 5.32 Å². The van der Waals surface area contributed by atoms with Crippen LogP contribution in [0.15, 0.2) is 0 Å². The minimum absolute atomic E-state index is 0.0278. The van der Waals surface area contributed by atoms with E-state index in [0.29, 0.717) is 0 Å². The van der Waals surface area contributed by atoms with Gasteiger partial charge >= 0.3 is 0 Å². The molecular weight excluding hydrogens is 116 g/mol. The number of Topliss-reactive ketones (excluding diaryl/α,β-unsaturated/α-hetero) is 1. The smallest absolute Gasteiger partial charge is 0.146 e. The molecule has 1 heterocycles. The Morgan fingerprint density at radius 2 is 2.44 bits per heavy atom. The number of carbonyl (C=O) groups is 1. The summed E-state index contributed by atoms with van der Waals surface area (Å²) in [6.07, 6.45) is 0.801. The molecule has 3 nitrogen and oxygen atoms in total. The zero-order chi connectivity index (χ0) is 6.85. The maximum atomic E-state index is 10.7. The number of nitrogens with one attached hydrogen (secondary N) is 1. The molecule has 0 amide bonds. The molecule has 3 N–H and O–H groups in total. The number of rotatable bonds is 1. The van der Waals surface area contributed by atoms with E-state index in [4.69, 9.17) is 5.73 Å². The van der Waals surface area contributed by atoms with Gasteiger partial charge < -0.3 is 11.1 Å². The molecule has 0 aromatic rings. The van der Waals surface area contributed by atoms with E-state index in [1.165, 1.54) is 0 Å². The van der Waals surface area contributed by atoms with Crippen molar-refractivity contribution in [3.05, 3.63) is 0 Å². The fourth-order valence-corrected chi connectivity index (χ4v) is 1.07. The van der Waals surface area contributed by atoms with Crippen LogP contribution in [0.1, 0.15) is 13.3 Å². The average Bonchev–Trinajstić information content (AvgIpc) is 2.14. The first-order valence-electron chi connectivity index (χ1n) is 3.19. The van der Waals surface area contributed by atoms with E-state index < -0.39 is 0 Å². The van der Waals surface area contributed by atoms with Crippen LogP contribution < -0.4 is 11.1 Å². The van der Waals surface area contributed by atoms with Gasteiger partial charge in [0.1, 0.15) is 5.78 Å². The van der Waals surface area contributed by atoms with Crippen molar-refractivity contribution in [2.45, 2.75) is 25.4 Å². The van der Waals surface area contributed by atoms with Gasteiger partial charge in [-0.3, -0.25) is 4.79 Å². The van der Waals surface area contributed by atoms with Gasteiger partial charge in [0.2, 0.25) is 0 Å². The summed E-state index contributed by atoms with van der Waals surface area (Å²) in [6, 6.07) is 0.207. The zero-order valence-corrected chi connectivity index (χ0v) is 5.55. The molecule has 0 aromatic heterocycles. The van der Waals surface area contributed by atoms with Crippen molar-refractivity contribution >= 4 is 5.78 Å². The quantitative estimate of drug-likeness (QED) is 0.489. The van der Waals surface area contributed by atoms with Crippen LogP contribution in [0.5, 0.6) is 0 Å². The van der Waals surface area contributed by atoms with Crippen LogP contribution in [0.2, 0.25) is 0 Å². The highest BCUT2D eigenvalue weighted by molar-refractivity contribution is 5.81. The third-order valence-electron chi connectivity index (χ3n) is 1.66. The zero-order valence-electron chi connectivity index (χ0n) is 5.55. The molecule has 52 valence electrons. The molecule has 9 heavy (non-hydrogen) atoms. The van der Waals surface area contributed by atoms with Crippen LogP contribution in [0, 0.1) is 0 Å². The minimum Gasteiger partial charge on any atom is -0.326 e. The van der Waals surface area contributed by atoms with Gasteiger partial charge in [-0.1, -0.05) is 0 Å². The Labute approximate surface area is 54.6 Å². The molecule has 1 rings (SSSR count). The molecule has 1 fully saturated rings. The molecule has 0 aromatic carbocycles. The lowest BCUT2D eigenvalue weighted by Gasteiger charge is -2.02. The fraction of sp³-hybridized carbons (Fsp3) is 0.833. The molecule has 3 heteroatoms. The van der Waals surface area contributed by atoms with Crippen molar-refractivity contribution < 1.29 is 4.79 Å². The van der Waals surface area contributed by atoms with E-state index in [9.17, 15) is 4.79 Å². The van der Waals surface area contributed by atoms with Crippen LogP contribution in [0.4, 0.5) is 0 Å². The molecule has 1 saturated heterocycles. The molecular formula is C6H12N2O. The van der Waals surface area contributed by atoms with Crippen molar-refractivity contribution in [2.75, 3.05) is 6.54 Å². The molecule has 0 unspecified atom stereocenters. The number of carbonyl (C=O) groups excluding carboxylic acids is 1. The van der Waals surface area contributed by atoms with Gasteiger partial charge in [0.05, 0.1) is 6.04 Å². The van der Waals surface area contributed by atoms with Crippen LogP contribution in [0.3, 0.4) is 0 Å². The minimum atomic E-state index is 0.0278. The normalized spacial score (nSPS) is 34.9. The Morgan fingerprint density at radius 1 is 1.78 bits per heavy atom. The van der Waals surface area contributed by atoms with Gasteiger partial charge in [0.25, 0.3) is 0 Å². The van der Waals surface area contributed by atoms with Crippen molar-refractivity contribution in [3.8, 4) is 0 Å². The van der Waals surface area contributed by atoms with Crippen molar-refractivity contribution in [3.63, 3.8) is 0 Å². The lowest BCUT2D eigenvalue weighted by Crippen LogP contribution is -2.28. The summed E-state index contributed by atoms with van der Waals surface area (Å²) in [4.78, 5) is 10.7. The topological polar surface area (TPSA) is 55.1 Å². The largest absolute Gasteiger partial charge is 0.326 e. The standard InChI is InChI=1S/C6H12N2O/c1-4(9)6-2-5(7)3-8-6/h5-6,8H,2-3,7H2,1H3/t5-,6-/m0/s1. The molecule has 0 spiro atoms. The predicted octanol–water partition coefficient (Wildman–Crippen LogP) is -0.735. The van der Waals surface area contributed by atoms with Crippen LogP contribution in [0.25, 0.3) is 0 Å². The highest BCUT2D eigenvalue weighted by Crippen LogP contribution is 2.03. The Balaban J connectivity index is 2.39. The maximum Gasteiger partial charge on any atom is 0.146 e. The van der Waals surface area contributed by atoms with Gasteiger partial charge in [-0.15, -0.1) is 0 Å². The summed E-state index contributed by atoms with van der Waals surface area (Å²) < 4.78 is 0. The molecule has 1 aliphatic heterocycles. The highest BCUT2D eigenvalue weighted by Gasteiger charge is 2.23. The Morgan fingerprint density at radius 3 is 2.67 bits per heavy atom. The van der Waals surface area contributed by atoms with Crippen LogP contribution in [-0.2, 0) is 4.79 Å². The molecule has 1 aliphatic rings. The van der Waals surface area contributed by atoms with Gasteiger partial charge in [-0.05, 0) is 13.3 Å². The SMILES string of the molecule is CC(=O)[C@@H]1C[C@H](N)CN1. The summed E-state index contributed by atoms with van der Waals surface area (Å²) in [5.74, 6) is 0.197. The molecule has 0 bridgehead atoms. The van der Waals surface area contributed by atoms with Crippen molar-refractivity contribution in [2.24, 2.45) is 5.73 Å². The second-order valence-electron chi connectivity index (χ2n) is 2.57. The summed E-state index contributed by atoms with van der Waals surface area (Å²) in [7, 11) is 0. The first-order valence-corrected chi connectivity index (χ1v) is 3.19. The Bertz CT molecular complexity index is 124. The van der Waals surface area contributed by atoms with Crippen molar-refractivity contribution in [1.29, 1.82) is 0 Å². The van der Waals surface area contributed by atoms with E-state index in [1.54, 1.807) is 6.92 Å². The first kappa shape index (κ1) is 6.71. The lowest BCUT2D eigenvalue weighted by molar-refractivity contribution is -0.118. The Kier molecular flexibility index (Phi) is 1.83. The number of hydrogen-bond acceptors (Lipinski definition) is 3. The highest BCUT2D eigenvalue weighted by atomic mass is 16.1. The van der Waals surface area contributed by atoms with E-state index in [0.717, 1.165) is 13.0 Å². The second-order valence-corrected chi connectivity index (χ2v) is 2.57. The molecule has 2 atom stereocenters. The number of ketones is 1. The maximum absolute atomic E-state index is 10.7. The van der Waals surface area contributed by atoms with E-state index >= 15 is 0 Å². The number of hydrogen-bond donors (Lipinski definition) is 2. The molecule has 0 radical (unpaired) electrons. The van der Waals surface area contributed by atoms with Crippen LogP contribution in [-0.4, -0.2) is 24.4 Å². The monoisotopic (exact) mass is 128 g/mol. The molecule has 0 aliphatic carbocycles. The van der Waals surface area contributed by atoms with Gasteiger partial charge in [0.15, 0.2) is 0 Å². The van der Waals surface area contributed by atoms with Gasteiger partial charge in [-0.25, -0.2) is 0 Å². The van der Waals surface area contributed by atoms with Crippen LogP contribution >= 0.6 is 0 Å². The number of nitrogens with two attached hydrogens (primary N) is 1. The Hall–Kier alpha value is -0.410.